The van der Waals surface area contributed by atoms with Crippen molar-refractivity contribution in [2.24, 2.45) is 7.05 Å². The first-order valence-corrected chi connectivity index (χ1v) is 9.07. The zero-order chi connectivity index (χ0) is 21.0. The third kappa shape index (κ3) is 2.75. The smallest absolute Gasteiger partial charge is 0.348 e. The second-order valence-corrected chi connectivity index (χ2v) is 6.94. The van der Waals surface area contributed by atoms with Crippen LogP contribution in [0.1, 0.15) is 39.4 Å². The highest BCUT2D eigenvalue weighted by molar-refractivity contribution is 5.91. The van der Waals surface area contributed by atoms with Crippen molar-refractivity contribution in [1.29, 1.82) is 0 Å². The molecule has 0 fully saturated rings. The van der Waals surface area contributed by atoms with Crippen molar-refractivity contribution in [3.8, 4) is 0 Å². The number of alkyl halides is 3. The predicted octanol–water partition coefficient (Wildman–Crippen LogP) is 1.99. The summed E-state index contributed by atoms with van der Waals surface area (Å²) < 4.78 is 42.5. The van der Waals surface area contributed by atoms with Crippen molar-refractivity contribution >= 4 is 11.4 Å². The van der Waals surface area contributed by atoms with Gasteiger partial charge in [0.05, 0.1) is 23.2 Å². The number of rotatable bonds is 2. The summed E-state index contributed by atoms with van der Waals surface area (Å²) in [4.78, 5) is 26.1. The van der Waals surface area contributed by atoms with E-state index in [2.05, 4.69) is 25.1 Å². The molecule has 0 radical (unpaired) electrons. The monoisotopic (exact) mass is 416 g/mol. The second-order valence-electron chi connectivity index (χ2n) is 6.94. The highest BCUT2D eigenvalue weighted by atomic mass is 19.4. The maximum absolute atomic E-state index is 13.4. The van der Waals surface area contributed by atoms with Crippen molar-refractivity contribution in [1.82, 2.24) is 39.2 Å². The fourth-order valence-electron chi connectivity index (χ4n) is 3.80. The van der Waals surface area contributed by atoms with Gasteiger partial charge in [-0.1, -0.05) is 6.07 Å². The van der Waals surface area contributed by atoms with Crippen molar-refractivity contribution in [3.05, 3.63) is 65.5 Å². The molecular weight excluding hydrogens is 401 g/mol. The molecule has 5 heterocycles. The molecule has 5 rings (SSSR count). The third-order valence-electron chi connectivity index (χ3n) is 5.16. The summed E-state index contributed by atoms with van der Waals surface area (Å²) in [5.41, 5.74) is 1.03. The van der Waals surface area contributed by atoms with Crippen LogP contribution in [0, 0.1) is 0 Å². The molecule has 30 heavy (non-hydrogen) atoms. The molecule has 1 aliphatic heterocycles. The molecule has 0 spiro atoms. The molecule has 0 saturated carbocycles. The molecule has 0 saturated heterocycles. The minimum Gasteiger partial charge on any atom is -0.348 e. The van der Waals surface area contributed by atoms with Gasteiger partial charge in [-0.25, -0.2) is 19.2 Å². The Hall–Kier alpha value is -3.70. The first kappa shape index (κ1) is 18.3. The molecule has 154 valence electrons. The number of hydrogen-bond donors (Lipinski definition) is 1. The van der Waals surface area contributed by atoms with Gasteiger partial charge >= 0.3 is 6.18 Å². The molecule has 1 N–H and O–H groups in total. The summed E-state index contributed by atoms with van der Waals surface area (Å²) in [6.07, 6.45) is -1.27. The summed E-state index contributed by atoms with van der Waals surface area (Å²) in [5.74, 6) is -0.277. The SMILES string of the molecule is Cn1ncnc1C(=O)N1CCc2[nH]cnc2[C@H]1c1cc2cccc(C(F)(F)F)n2n1. The number of aryl methyl sites for hydroxylation is 1. The van der Waals surface area contributed by atoms with E-state index in [4.69, 9.17) is 0 Å². The van der Waals surface area contributed by atoms with Gasteiger partial charge in [0.2, 0.25) is 5.82 Å². The zero-order valence-corrected chi connectivity index (χ0v) is 15.6. The maximum Gasteiger partial charge on any atom is 0.433 e. The number of nitrogens with one attached hydrogen (secondary N) is 1. The van der Waals surface area contributed by atoms with Gasteiger partial charge in [-0.05, 0) is 18.2 Å². The number of aromatic nitrogens is 7. The normalized spacial score (nSPS) is 16.8. The fourth-order valence-corrected chi connectivity index (χ4v) is 3.80. The minimum atomic E-state index is -4.57. The van der Waals surface area contributed by atoms with Crippen molar-refractivity contribution in [3.63, 3.8) is 0 Å². The van der Waals surface area contributed by atoms with E-state index in [-0.39, 0.29) is 17.0 Å². The van der Waals surface area contributed by atoms with Crippen molar-refractivity contribution in [2.75, 3.05) is 6.54 Å². The minimum absolute atomic E-state index is 0.124. The van der Waals surface area contributed by atoms with Crippen molar-refractivity contribution in [2.45, 2.75) is 18.6 Å². The highest BCUT2D eigenvalue weighted by Gasteiger charge is 2.39. The molecule has 12 heteroatoms. The molecule has 1 aliphatic rings. The van der Waals surface area contributed by atoms with Crippen LogP contribution in [0.25, 0.3) is 5.52 Å². The van der Waals surface area contributed by atoms with Crippen LogP contribution in [0.3, 0.4) is 0 Å². The molecule has 1 amide bonds. The number of pyridine rings is 1. The molecule has 0 aromatic carbocycles. The van der Waals surface area contributed by atoms with E-state index in [1.165, 1.54) is 34.4 Å². The van der Waals surface area contributed by atoms with Crippen LogP contribution in [-0.4, -0.2) is 51.7 Å². The van der Waals surface area contributed by atoms with Gasteiger partial charge in [-0.2, -0.15) is 23.4 Å². The van der Waals surface area contributed by atoms with Gasteiger partial charge < -0.3 is 9.88 Å². The Morgan fingerprint density at radius 1 is 1.27 bits per heavy atom. The lowest BCUT2D eigenvalue weighted by Crippen LogP contribution is -2.42. The number of nitrogens with zero attached hydrogens (tertiary/aromatic N) is 7. The number of fused-ring (bicyclic) bond motifs is 2. The summed E-state index contributed by atoms with van der Waals surface area (Å²) in [6.45, 7) is 0.325. The number of hydrogen-bond acceptors (Lipinski definition) is 5. The number of H-pyrrole nitrogens is 1. The number of carbonyl (C=O) groups is 1. The Kier molecular flexibility index (Phi) is 3.91. The standard InChI is InChI=1S/C18H15F3N8O/c1-27-16(24-9-25-27)17(30)28-6-5-11-14(23-8-22-11)15(28)12-7-10-3-2-4-13(18(19,20)21)29(10)26-12/h2-4,7-9,15H,5-6H2,1H3,(H,22,23)/t15-/m1/s1. The topological polar surface area (TPSA) is 97.0 Å². The summed E-state index contributed by atoms with van der Waals surface area (Å²) >= 11 is 0. The van der Waals surface area contributed by atoms with Crippen LogP contribution in [-0.2, 0) is 19.6 Å². The Morgan fingerprint density at radius 3 is 2.83 bits per heavy atom. The molecule has 4 aromatic rings. The molecule has 0 bridgehead atoms. The fraction of sp³-hybridized carbons (Fsp3) is 0.278. The van der Waals surface area contributed by atoms with Gasteiger partial charge in [-0.15, -0.1) is 0 Å². The first-order chi connectivity index (χ1) is 14.3. The van der Waals surface area contributed by atoms with E-state index in [0.29, 0.717) is 18.7 Å². The molecule has 9 nitrogen and oxygen atoms in total. The number of aromatic amines is 1. The molecule has 0 unspecified atom stereocenters. The van der Waals surface area contributed by atoms with E-state index >= 15 is 0 Å². The van der Waals surface area contributed by atoms with E-state index < -0.39 is 23.8 Å². The van der Waals surface area contributed by atoms with Gasteiger partial charge in [0.25, 0.3) is 5.91 Å². The van der Waals surface area contributed by atoms with E-state index in [1.54, 1.807) is 13.1 Å². The van der Waals surface area contributed by atoms with Crippen LogP contribution in [0.4, 0.5) is 13.2 Å². The molecule has 4 aromatic heterocycles. The zero-order valence-electron chi connectivity index (χ0n) is 15.6. The Bertz CT molecular complexity index is 1250. The van der Waals surface area contributed by atoms with Crippen LogP contribution >= 0.6 is 0 Å². The van der Waals surface area contributed by atoms with E-state index in [0.717, 1.165) is 16.3 Å². The third-order valence-corrected chi connectivity index (χ3v) is 5.16. The van der Waals surface area contributed by atoms with E-state index in [9.17, 15) is 18.0 Å². The van der Waals surface area contributed by atoms with Crippen LogP contribution in [0.2, 0.25) is 0 Å². The van der Waals surface area contributed by atoms with Crippen LogP contribution in [0.15, 0.2) is 36.9 Å². The lowest BCUT2D eigenvalue weighted by molar-refractivity contribution is -0.142. The second kappa shape index (κ2) is 6.40. The lowest BCUT2D eigenvalue weighted by Gasteiger charge is -2.33. The summed E-state index contributed by atoms with van der Waals surface area (Å²) in [6, 6.07) is 4.61. The number of halogens is 3. The van der Waals surface area contributed by atoms with Gasteiger partial charge in [0.1, 0.15) is 18.1 Å². The first-order valence-electron chi connectivity index (χ1n) is 9.07. The highest BCUT2D eigenvalue weighted by Crippen LogP contribution is 2.35. The number of amides is 1. The lowest BCUT2D eigenvalue weighted by atomic mass is 9.99. The Balaban J connectivity index is 1.66. The Labute approximate surface area is 167 Å². The summed E-state index contributed by atoms with van der Waals surface area (Å²) in [7, 11) is 1.60. The maximum atomic E-state index is 13.4. The number of imidazole rings is 1. The van der Waals surface area contributed by atoms with Crippen molar-refractivity contribution < 1.29 is 18.0 Å². The molecule has 1 atom stereocenters. The van der Waals surface area contributed by atoms with Crippen LogP contribution in [0.5, 0.6) is 0 Å². The van der Waals surface area contributed by atoms with Gasteiger partial charge in [0, 0.05) is 25.7 Å². The van der Waals surface area contributed by atoms with Crippen LogP contribution < -0.4 is 0 Å². The number of carbonyl (C=O) groups excluding carboxylic acids is 1. The quantitative estimate of drug-likeness (QED) is 0.539. The predicted molar refractivity (Wildman–Crippen MR) is 96.4 cm³/mol. The largest absolute Gasteiger partial charge is 0.433 e. The van der Waals surface area contributed by atoms with Gasteiger partial charge in [0.15, 0.2) is 0 Å². The summed E-state index contributed by atoms with van der Waals surface area (Å²) in [5, 5.41) is 8.15. The molecule has 0 aliphatic carbocycles. The molecular formula is C18H15F3N8O. The average molecular weight is 416 g/mol. The van der Waals surface area contributed by atoms with E-state index in [1.807, 2.05) is 0 Å². The van der Waals surface area contributed by atoms with Gasteiger partial charge in [-0.3, -0.25) is 4.79 Å². The average Bonchev–Trinajstić information content (AvgIpc) is 3.43. The Morgan fingerprint density at radius 2 is 2.10 bits per heavy atom.